The van der Waals surface area contributed by atoms with E-state index in [0.717, 1.165) is 22.5 Å². The summed E-state index contributed by atoms with van der Waals surface area (Å²) in [4.78, 5) is 0. The molecule has 7 heteroatoms. The van der Waals surface area contributed by atoms with Gasteiger partial charge < -0.3 is 0 Å². The van der Waals surface area contributed by atoms with Crippen molar-refractivity contribution in [2.45, 2.75) is 18.1 Å². The molecule has 1 N–H and O–H groups in total. The molecule has 0 amide bonds. The van der Waals surface area contributed by atoms with Crippen molar-refractivity contribution in [3.05, 3.63) is 45.3 Å². The third-order valence-corrected chi connectivity index (χ3v) is 6.10. The van der Waals surface area contributed by atoms with Crippen molar-refractivity contribution in [3.8, 4) is 6.07 Å². The van der Waals surface area contributed by atoms with E-state index in [9.17, 15) is 8.42 Å². The third kappa shape index (κ3) is 2.96. The summed E-state index contributed by atoms with van der Waals surface area (Å²) in [5.41, 5.74) is 2.26. The van der Waals surface area contributed by atoms with Gasteiger partial charge in [0.2, 0.25) is 0 Å². The van der Waals surface area contributed by atoms with E-state index in [1.54, 1.807) is 26.0 Å². The van der Waals surface area contributed by atoms with Crippen LogP contribution < -0.4 is 4.72 Å². The predicted molar refractivity (Wildman–Crippen MR) is 80.8 cm³/mol. The van der Waals surface area contributed by atoms with Crippen LogP contribution in [0.5, 0.6) is 0 Å². The second-order valence-electron chi connectivity index (χ2n) is 4.27. The maximum absolute atomic E-state index is 12.3. The first-order valence-corrected chi connectivity index (χ1v) is 8.31. The van der Waals surface area contributed by atoms with Gasteiger partial charge in [-0.2, -0.15) is 5.26 Å². The number of rotatable bonds is 3. The molecule has 2 rings (SSSR count). The summed E-state index contributed by atoms with van der Waals surface area (Å²) in [5, 5.41) is 8.87. The predicted octanol–water partition coefficient (Wildman–Crippen LogP) is 3.69. The number of hydrogen-bond acceptors (Lipinski definition) is 4. The Bertz CT molecular complexity index is 785. The van der Waals surface area contributed by atoms with E-state index >= 15 is 0 Å². The quantitative estimate of drug-likeness (QED) is 0.935. The van der Waals surface area contributed by atoms with Crippen molar-refractivity contribution in [2.75, 3.05) is 4.72 Å². The number of aryl methyl sites for hydroxylation is 2. The average molecular weight is 327 g/mol. The fourth-order valence-electron chi connectivity index (χ4n) is 1.56. The molecule has 0 atom stereocenters. The summed E-state index contributed by atoms with van der Waals surface area (Å²) >= 11 is 6.91. The van der Waals surface area contributed by atoms with Crippen molar-refractivity contribution in [1.82, 2.24) is 0 Å². The molecular formula is C13H11ClN2O2S2. The van der Waals surface area contributed by atoms with Crippen molar-refractivity contribution in [3.63, 3.8) is 0 Å². The zero-order chi connectivity index (χ0) is 14.9. The van der Waals surface area contributed by atoms with Crippen molar-refractivity contribution < 1.29 is 8.42 Å². The van der Waals surface area contributed by atoms with Crippen LogP contribution in [0, 0.1) is 25.2 Å². The monoisotopic (exact) mass is 326 g/mol. The fraction of sp³-hybridized carbons (Fsp3) is 0.154. The lowest BCUT2D eigenvalue weighted by molar-refractivity contribution is 0.603. The largest absolute Gasteiger partial charge is 0.279 e. The van der Waals surface area contributed by atoms with Gasteiger partial charge in [-0.05, 0) is 43.2 Å². The van der Waals surface area contributed by atoms with Gasteiger partial charge in [0.1, 0.15) is 4.21 Å². The summed E-state index contributed by atoms with van der Waals surface area (Å²) in [5.74, 6) is 0. The molecule has 1 heterocycles. The standard InChI is InChI=1S/C13H11ClN2O2S2/c1-8-3-4-10(7-15)6-11(8)16-20(17,18)12-5-9(2)13(14)19-12/h3-6,16H,1-2H3. The molecule has 0 bridgehead atoms. The Morgan fingerprint density at radius 1 is 1.25 bits per heavy atom. The molecule has 1 aromatic heterocycles. The van der Waals surface area contributed by atoms with Crippen LogP contribution in [0.2, 0.25) is 4.34 Å². The Morgan fingerprint density at radius 3 is 2.50 bits per heavy atom. The van der Waals surface area contributed by atoms with Crippen molar-refractivity contribution >= 4 is 38.6 Å². The Labute approximate surface area is 126 Å². The van der Waals surface area contributed by atoms with Gasteiger partial charge in [0.25, 0.3) is 10.0 Å². The van der Waals surface area contributed by atoms with Gasteiger partial charge >= 0.3 is 0 Å². The van der Waals surface area contributed by atoms with Crippen molar-refractivity contribution in [2.24, 2.45) is 0 Å². The molecular weight excluding hydrogens is 316 g/mol. The molecule has 20 heavy (non-hydrogen) atoms. The highest BCUT2D eigenvalue weighted by atomic mass is 35.5. The Kier molecular flexibility index (Phi) is 4.04. The molecule has 0 saturated heterocycles. The van der Waals surface area contributed by atoms with Gasteiger partial charge in [-0.3, -0.25) is 4.72 Å². The lowest BCUT2D eigenvalue weighted by Gasteiger charge is -2.09. The highest BCUT2D eigenvalue weighted by Crippen LogP contribution is 2.31. The van der Waals surface area contributed by atoms with Crippen LogP contribution in [0.4, 0.5) is 5.69 Å². The topological polar surface area (TPSA) is 70.0 Å². The zero-order valence-electron chi connectivity index (χ0n) is 10.8. The highest BCUT2D eigenvalue weighted by molar-refractivity contribution is 7.94. The Balaban J connectivity index is 2.41. The van der Waals surface area contributed by atoms with Crippen molar-refractivity contribution in [1.29, 1.82) is 5.26 Å². The first-order valence-electron chi connectivity index (χ1n) is 5.63. The summed E-state index contributed by atoms with van der Waals surface area (Å²) in [6.45, 7) is 3.52. The highest BCUT2D eigenvalue weighted by Gasteiger charge is 2.19. The van der Waals surface area contributed by atoms with Crippen LogP contribution in [0.3, 0.4) is 0 Å². The first kappa shape index (κ1) is 14.9. The minimum Gasteiger partial charge on any atom is -0.279 e. The SMILES string of the molecule is Cc1ccc(C#N)cc1NS(=O)(=O)c1cc(C)c(Cl)s1. The average Bonchev–Trinajstić information content (AvgIpc) is 2.73. The van der Waals surface area contributed by atoms with Crippen LogP contribution in [0.15, 0.2) is 28.5 Å². The fourth-order valence-corrected chi connectivity index (χ4v) is 4.39. The summed E-state index contributed by atoms with van der Waals surface area (Å²) in [6, 6.07) is 8.35. The van der Waals surface area contributed by atoms with E-state index < -0.39 is 10.0 Å². The third-order valence-electron chi connectivity index (χ3n) is 2.71. The molecule has 4 nitrogen and oxygen atoms in total. The molecule has 1 aromatic carbocycles. The van der Waals surface area contributed by atoms with Gasteiger partial charge in [-0.1, -0.05) is 17.7 Å². The molecule has 0 spiro atoms. The number of halogens is 1. The minimum absolute atomic E-state index is 0.154. The summed E-state index contributed by atoms with van der Waals surface area (Å²) in [6.07, 6.45) is 0. The van der Waals surface area contributed by atoms with E-state index in [2.05, 4.69) is 4.72 Å². The molecule has 0 unspecified atom stereocenters. The number of nitrogens with one attached hydrogen (secondary N) is 1. The second-order valence-corrected chi connectivity index (χ2v) is 7.83. The summed E-state index contributed by atoms with van der Waals surface area (Å²) < 4.78 is 27.7. The maximum atomic E-state index is 12.3. The van der Waals surface area contributed by atoms with Gasteiger partial charge in [-0.25, -0.2) is 8.42 Å². The van der Waals surface area contributed by atoms with E-state index in [-0.39, 0.29) is 4.21 Å². The van der Waals surface area contributed by atoms with E-state index in [1.165, 1.54) is 12.1 Å². The van der Waals surface area contributed by atoms with E-state index in [4.69, 9.17) is 16.9 Å². The number of benzene rings is 1. The molecule has 0 radical (unpaired) electrons. The number of nitriles is 1. The smallest absolute Gasteiger partial charge is 0.271 e. The minimum atomic E-state index is -3.69. The number of sulfonamides is 1. The zero-order valence-corrected chi connectivity index (χ0v) is 13.2. The van der Waals surface area contributed by atoms with E-state index in [0.29, 0.717) is 15.6 Å². The molecule has 2 aromatic rings. The van der Waals surface area contributed by atoms with E-state index in [1.807, 2.05) is 6.07 Å². The first-order chi connectivity index (χ1) is 9.33. The van der Waals surface area contributed by atoms with Crippen LogP contribution in [-0.2, 0) is 10.0 Å². The number of nitrogens with zero attached hydrogens (tertiary/aromatic N) is 1. The van der Waals surface area contributed by atoms with Crippen LogP contribution in [0.25, 0.3) is 0 Å². The van der Waals surface area contributed by atoms with Crippen LogP contribution in [0.1, 0.15) is 16.7 Å². The number of thiophene rings is 1. The van der Waals surface area contributed by atoms with Gasteiger partial charge in [0.05, 0.1) is 21.7 Å². The molecule has 104 valence electrons. The number of anilines is 1. The van der Waals surface area contributed by atoms with Gasteiger partial charge in [-0.15, -0.1) is 11.3 Å². The summed E-state index contributed by atoms with van der Waals surface area (Å²) in [7, 11) is -3.69. The Morgan fingerprint density at radius 2 is 1.95 bits per heavy atom. The molecule has 0 saturated carbocycles. The molecule has 0 fully saturated rings. The maximum Gasteiger partial charge on any atom is 0.271 e. The van der Waals surface area contributed by atoms with Gasteiger partial charge in [0, 0.05) is 0 Å². The lowest BCUT2D eigenvalue weighted by atomic mass is 10.1. The van der Waals surface area contributed by atoms with Crippen LogP contribution >= 0.6 is 22.9 Å². The molecule has 0 aliphatic rings. The molecule has 0 aliphatic heterocycles. The molecule has 0 aliphatic carbocycles. The van der Waals surface area contributed by atoms with Crippen LogP contribution in [-0.4, -0.2) is 8.42 Å². The lowest BCUT2D eigenvalue weighted by Crippen LogP contribution is -2.12. The normalized spacial score (nSPS) is 11.1. The second kappa shape index (κ2) is 5.44. The van der Waals surface area contributed by atoms with Gasteiger partial charge in [0.15, 0.2) is 0 Å². The number of hydrogen-bond donors (Lipinski definition) is 1. The Hall–Kier alpha value is -1.55.